The zero-order chi connectivity index (χ0) is 20.4. The molecule has 0 bridgehead atoms. The Balaban J connectivity index is 1.70. The normalized spacial score (nSPS) is 12.1. The number of methoxy groups -OCH3 is 1. The molecule has 2 heterocycles. The zero-order valence-electron chi connectivity index (χ0n) is 17.3. The van der Waals surface area contributed by atoms with Gasteiger partial charge in [-0.15, -0.1) is 0 Å². The van der Waals surface area contributed by atoms with Crippen molar-refractivity contribution in [2.45, 2.75) is 33.7 Å². The number of carbonyl (C=O) groups is 1. The maximum absolute atomic E-state index is 12.7. The Morgan fingerprint density at radius 1 is 1.18 bits per heavy atom. The molecule has 0 unspecified atom stereocenters. The predicted octanol–water partition coefficient (Wildman–Crippen LogP) is 3.21. The summed E-state index contributed by atoms with van der Waals surface area (Å²) >= 11 is 0. The number of ether oxygens (including phenoxy) is 1. The molecule has 1 amide bonds. The van der Waals surface area contributed by atoms with Crippen molar-refractivity contribution in [1.82, 2.24) is 24.9 Å². The van der Waals surface area contributed by atoms with Gasteiger partial charge in [-0.3, -0.25) is 14.2 Å². The SMILES string of the molecule is COc1ccc(-c2cc(C(=O)NC[C@@H](C)n3nc(C)c(C)c3C)n(C)n2)cc1. The molecule has 0 radical (unpaired) electrons. The molecule has 1 N–H and O–H groups in total. The Bertz CT molecular complexity index is 985. The van der Waals surface area contributed by atoms with E-state index in [0.29, 0.717) is 12.2 Å². The predicted molar refractivity (Wildman–Crippen MR) is 109 cm³/mol. The van der Waals surface area contributed by atoms with Crippen molar-refractivity contribution < 1.29 is 9.53 Å². The first-order valence-corrected chi connectivity index (χ1v) is 9.30. The van der Waals surface area contributed by atoms with Gasteiger partial charge in [0.25, 0.3) is 5.91 Å². The van der Waals surface area contributed by atoms with Gasteiger partial charge >= 0.3 is 0 Å². The van der Waals surface area contributed by atoms with Crippen LogP contribution < -0.4 is 10.1 Å². The second-order valence-electron chi connectivity index (χ2n) is 7.07. The van der Waals surface area contributed by atoms with Crippen molar-refractivity contribution in [3.63, 3.8) is 0 Å². The van der Waals surface area contributed by atoms with Crippen molar-refractivity contribution >= 4 is 5.91 Å². The van der Waals surface area contributed by atoms with Gasteiger partial charge in [-0.25, -0.2) is 0 Å². The van der Waals surface area contributed by atoms with E-state index in [9.17, 15) is 4.79 Å². The van der Waals surface area contributed by atoms with Crippen LogP contribution in [0, 0.1) is 20.8 Å². The second kappa shape index (κ2) is 7.88. The average Bonchev–Trinajstić information content (AvgIpc) is 3.21. The minimum atomic E-state index is -0.153. The third-order valence-corrected chi connectivity index (χ3v) is 5.16. The molecule has 1 atom stereocenters. The van der Waals surface area contributed by atoms with E-state index >= 15 is 0 Å². The summed E-state index contributed by atoms with van der Waals surface area (Å²) in [5.74, 6) is 0.630. The number of rotatable bonds is 6. The van der Waals surface area contributed by atoms with Gasteiger partial charge in [-0.1, -0.05) is 0 Å². The van der Waals surface area contributed by atoms with Crippen molar-refractivity contribution in [2.24, 2.45) is 7.05 Å². The smallest absolute Gasteiger partial charge is 0.269 e. The number of aromatic nitrogens is 4. The summed E-state index contributed by atoms with van der Waals surface area (Å²) in [5, 5.41) is 12.0. The first-order valence-electron chi connectivity index (χ1n) is 9.30. The third kappa shape index (κ3) is 3.78. The van der Waals surface area contributed by atoms with Gasteiger partial charge in [-0.05, 0) is 63.6 Å². The molecule has 7 nitrogen and oxygen atoms in total. The van der Waals surface area contributed by atoms with Crippen LogP contribution in [0.3, 0.4) is 0 Å². The second-order valence-corrected chi connectivity index (χ2v) is 7.07. The highest BCUT2D eigenvalue weighted by Crippen LogP contribution is 2.22. The van der Waals surface area contributed by atoms with Gasteiger partial charge in [0.2, 0.25) is 0 Å². The average molecular weight is 381 g/mol. The first-order chi connectivity index (χ1) is 13.3. The number of hydrogen-bond donors (Lipinski definition) is 1. The van der Waals surface area contributed by atoms with E-state index in [1.807, 2.05) is 42.8 Å². The van der Waals surface area contributed by atoms with Gasteiger partial charge in [0.15, 0.2) is 0 Å². The van der Waals surface area contributed by atoms with Gasteiger partial charge in [0.05, 0.1) is 24.5 Å². The maximum Gasteiger partial charge on any atom is 0.269 e. The van der Waals surface area contributed by atoms with Gasteiger partial charge in [-0.2, -0.15) is 10.2 Å². The number of amides is 1. The summed E-state index contributed by atoms with van der Waals surface area (Å²) in [6, 6.07) is 9.47. The molecule has 0 aliphatic carbocycles. The summed E-state index contributed by atoms with van der Waals surface area (Å²) in [7, 11) is 3.41. The summed E-state index contributed by atoms with van der Waals surface area (Å²) in [4.78, 5) is 12.7. The molecular weight excluding hydrogens is 354 g/mol. The monoisotopic (exact) mass is 381 g/mol. The molecule has 3 rings (SSSR count). The highest BCUT2D eigenvalue weighted by Gasteiger charge is 2.17. The fourth-order valence-corrected chi connectivity index (χ4v) is 3.17. The van der Waals surface area contributed by atoms with E-state index < -0.39 is 0 Å². The Morgan fingerprint density at radius 2 is 1.86 bits per heavy atom. The van der Waals surface area contributed by atoms with Crippen LogP contribution in [0.1, 0.15) is 40.4 Å². The summed E-state index contributed by atoms with van der Waals surface area (Å²) < 4.78 is 8.76. The number of nitrogens with one attached hydrogen (secondary N) is 1. The Hall–Kier alpha value is -3.09. The molecule has 0 fully saturated rings. The molecule has 0 aliphatic heterocycles. The molecule has 2 aromatic heterocycles. The number of nitrogens with zero attached hydrogens (tertiary/aromatic N) is 4. The van der Waals surface area contributed by atoms with Crippen LogP contribution in [0.4, 0.5) is 0 Å². The van der Waals surface area contributed by atoms with E-state index in [2.05, 4.69) is 29.4 Å². The van der Waals surface area contributed by atoms with Crippen LogP contribution in [-0.2, 0) is 7.05 Å². The molecule has 0 aliphatic rings. The Kier molecular flexibility index (Phi) is 5.53. The number of carbonyl (C=O) groups excluding carboxylic acids is 1. The Labute approximate surface area is 165 Å². The molecule has 148 valence electrons. The van der Waals surface area contributed by atoms with Gasteiger partial charge < -0.3 is 10.1 Å². The lowest BCUT2D eigenvalue weighted by Gasteiger charge is -2.15. The van der Waals surface area contributed by atoms with E-state index in [4.69, 9.17) is 4.74 Å². The van der Waals surface area contributed by atoms with Crippen molar-refractivity contribution in [2.75, 3.05) is 13.7 Å². The third-order valence-electron chi connectivity index (χ3n) is 5.16. The fourth-order valence-electron chi connectivity index (χ4n) is 3.17. The molecule has 0 saturated heterocycles. The lowest BCUT2D eigenvalue weighted by molar-refractivity contribution is 0.0938. The molecule has 0 saturated carbocycles. The fraction of sp³-hybridized carbons (Fsp3) is 0.381. The van der Waals surface area contributed by atoms with Crippen LogP contribution in [0.15, 0.2) is 30.3 Å². The number of benzene rings is 1. The summed E-state index contributed by atoms with van der Waals surface area (Å²) in [6.07, 6.45) is 0. The number of hydrogen-bond acceptors (Lipinski definition) is 4. The van der Waals surface area contributed by atoms with E-state index in [1.165, 1.54) is 5.56 Å². The highest BCUT2D eigenvalue weighted by atomic mass is 16.5. The quantitative estimate of drug-likeness (QED) is 0.712. The molecule has 3 aromatic rings. The lowest BCUT2D eigenvalue weighted by Crippen LogP contribution is -2.31. The molecular formula is C21H27N5O2. The van der Waals surface area contributed by atoms with E-state index in [0.717, 1.165) is 28.4 Å². The molecule has 0 spiro atoms. The topological polar surface area (TPSA) is 74.0 Å². The lowest BCUT2D eigenvalue weighted by atomic mass is 10.1. The maximum atomic E-state index is 12.7. The van der Waals surface area contributed by atoms with Crippen LogP contribution in [-0.4, -0.2) is 39.1 Å². The minimum absolute atomic E-state index is 0.0608. The first kappa shape index (κ1) is 19.7. The largest absolute Gasteiger partial charge is 0.497 e. The van der Waals surface area contributed by atoms with Crippen LogP contribution in [0.2, 0.25) is 0 Å². The Morgan fingerprint density at radius 3 is 2.43 bits per heavy atom. The molecule has 1 aromatic carbocycles. The molecule has 7 heteroatoms. The van der Waals surface area contributed by atoms with Crippen molar-refractivity contribution in [1.29, 1.82) is 0 Å². The summed E-state index contributed by atoms with van der Waals surface area (Å²) in [5.41, 5.74) is 5.53. The van der Waals surface area contributed by atoms with Crippen LogP contribution >= 0.6 is 0 Å². The highest BCUT2D eigenvalue weighted by molar-refractivity contribution is 5.93. The minimum Gasteiger partial charge on any atom is -0.497 e. The standard InChI is InChI=1S/C21H27N5O2/c1-13(26-16(4)14(2)15(3)23-26)12-22-21(27)20-11-19(24-25(20)5)17-7-9-18(28-6)10-8-17/h7-11,13H,12H2,1-6H3,(H,22,27)/t13-/m1/s1. The van der Waals surface area contributed by atoms with E-state index in [-0.39, 0.29) is 11.9 Å². The van der Waals surface area contributed by atoms with Crippen molar-refractivity contribution in [3.8, 4) is 17.0 Å². The molecule has 28 heavy (non-hydrogen) atoms. The van der Waals surface area contributed by atoms with E-state index in [1.54, 1.807) is 24.9 Å². The van der Waals surface area contributed by atoms with Crippen LogP contribution in [0.25, 0.3) is 11.3 Å². The summed E-state index contributed by atoms with van der Waals surface area (Å²) in [6.45, 7) is 8.65. The van der Waals surface area contributed by atoms with Gasteiger partial charge in [0.1, 0.15) is 11.4 Å². The zero-order valence-corrected chi connectivity index (χ0v) is 17.3. The van der Waals surface area contributed by atoms with Crippen molar-refractivity contribution in [3.05, 3.63) is 53.0 Å². The van der Waals surface area contributed by atoms with Gasteiger partial charge in [0, 0.05) is 24.8 Å². The van der Waals surface area contributed by atoms with Crippen LogP contribution in [0.5, 0.6) is 5.75 Å². The number of aryl methyl sites for hydroxylation is 2.